The van der Waals surface area contributed by atoms with Crippen LogP contribution < -0.4 is 10.1 Å². The van der Waals surface area contributed by atoms with E-state index in [4.69, 9.17) is 4.74 Å². The van der Waals surface area contributed by atoms with Gasteiger partial charge in [-0.05, 0) is 31.0 Å². The van der Waals surface area contributed by atoms with Crippen LogP contribution >= 0.6 is 0 Å². The third-order valence-electron chi connectivity index (χ3n) is 3.09. The van der Waals surface area contributed by atoms with Crippen molar-refractivity contribution in [1.82, 2.24) is 10.2 Å². The van der Waals surface area contributed by atoms with E-state index in [-0.39, 0.29) is 5.75 Å². The highest BCUT2D eigenvalue weighted by atomic mass is 19.4. The van der Waals surface area contributed by atoms with Crippen LogP contribution in [0.2, 0.25) is 0 Å². The molecule has 0 unspecified atom stereocenters. The van der Waals surface area contributed by atoms with E-state index < -0.39 is 11.7 Å². The van der Waals surface area contributed by atoms with Gasteiger partial charge < -0.3 is 15.0 Å². The van der Waals surface area contributed by atoms with Crippen molar-refractivity contribution in [3.05, 3.63) is 41.7 Å². The van der Waals surface area contributed by atoms with Crippen LogP contribution in [0.1, 0.15) is 18.4 Å². The molecule has 3 nitrogen and oxygen atoms in total. The summed E-state index contributed by atoms with van der Waals surface area (Å²) in [5, 5.41) is 3.10. The van der Waals surface area contributed by atoms with E-state index in [0.717, 1.165) is 31.6 Å². The lowest BCUT2D eigenvalue weighted by atomic mass is 10.2. The molecule has 0 saturated heterocycles. The van der Waals surface area contributed by atoms with Gasteiger partial charge in [-0.25, -0.2) is 0 Å². The molecule has 1 aliphatic heterocycles. The number of ether oxygens (including phenoxy) is 1. The molecule has 0 spiro atoms. The number of nitrogens with zero attached hydrogens (tertiary/aromatic N) is 1. The molecule has 0 amide bonds. The summed E-state index contributed by atoms with van der Waals surface area (Å²) < 4.78 is 43.0. The molecule has 0 radical (unpaired) electrons. The standard InChI is InChI=1S/C14H17F3N2O/c1-19-10-18-9-12(19)5-3-7-20-13-6-2-4-11(8-13)14(15,16)17/h2,4,6,8-9,18H,3,5,7,10H2,1H3. The summed E-state index contributed by atoms with van der Waals surface area (Å²) in [5.41, 5.74) is 0.495. The smallest absolute Gasteiger partial charge is 0.416 e. The number of rotatable bonds is 5. The number of benzene rings is 1. The Morgan fingerprint density at radius 3 is 2.80 bits per heavy atom. The van der Waals surface area contributed by atoms with E-state index in [1.165, 1.54) is 17.8 Å². The summed E-state index contributed by atoms with van der Waals surface area (Å²) in [6.07, 6.45) is -0.788. The van der Waals surface area contributed by atoms with Crippen LogP contribution in [0.4, 0.5) is 13.2 Å². The minimum atomic E-state index is -4.33. The van der Waals surface area contributed by atoms with Crippen molar-refractivity contribution in [3.8, 4) is 5.75 Å². The number of alkyl halides is 3. The van der Waals surface area contributed by atoms with Crippen molar-refractivity contribution >= 4 is 0 Å². The van der Waals surface area contributed by atoms with Gasteiger partial charge in [0.05, 0.1) is 18.8 Å². The van der Waals surface area contributed by atoms with Gasteiger partial charge in [0.25, 0.3) is 0 Å². The van der Waals surface area contributed by atoms with Gasteiger partial charge in [-0.3, -0.25) is 0 Å². The molecule has 110 valence electrons. The maximum atomic E-state index is 12.5. The lowest BCUT2D eigenvalue weighted by Crippen LogP contribution is -2.18. The minimum absolute atomic E-state index is 0.256. The van der Waals surface area contributed by atoms with Crippen LogP contribution in [0.25, 0.3) is 0 Å². The van der Waals surface area contributed by atoms with Crippen molar-refractivity contribution in [2.45, 2.75) is 19.0 Å². The normalized spacial score (nSPS) is 15.0. The predicted molar refractivity (Wildman–Crippen MR) is 70.0 cm³/mol. The molecule has 1 N–H and O–H groups in total. The average Bonchev–Trinajstić information content (AvgIpc) is 2.80. The molecule has 1 aromatic rings. The first-order valence-corrected chi connectivity index (χ1v) is 6.40. The summed E-state index contributed by atoms with van der Waals surface area (Å²) in [4.78, 5) is 2.09. The number of nitrogens with one attached hydrogen (secondary N) is 1. The summed E-state index contributed by atoms with van der Waals surface area (Å²) in [7, 11) is 1.99. The summed E-state index contributed by atoms with van der Waals surface area (Å²) >= 11 is 0. The first-order valence-electron chi connectivity index (χ1n) is 6.40. The van der Waals surface area contributed by atoms with Gasteiger partial charge in [0.15, 0.2) is 0 Å². The lowest BCUT2D eigenvalue weighted by molar-refractivity contribution is -0.137. The second-order valence-electron chi connectivity index (χ2n) is 4.67. The topological polar surface area (TPSA) is 24.5 Å². The maximum Gasteiger partial charge on any atom is 0.416 e. The average molecular weight is 286 g/mol. The second kappa shape index (κ2) is 6.07. The second-order valence-corrected chi connectivity index (χ2v) is 4.67. The zero-order valence-corrected chi connectivity index (χ0v) is 11.2. The fraction of sp³-hybridized carbons (Fsp3) is 0.429. The van der Waals surface area contributed by atoms with E-state index in [1.807, 2.05) is 13.2 Å². The predicted octanol–water partition coefficient (Wildman–Crippen LogP) is 3.20. The van der Waals surface area contributed by atoms with Crippen LogP contribution in [-0.4, -0.2) is 25.2 Å². The minimum Gasteiger partial charge on any atom is -0.494 e. The van der Waals surface area contributed by atoms with E-state index in [2.05, 4.69) is 10.2 Å². The fourth-order valence-corrected chi connectivity index (χ4v) is 1.98. The number of allylic oxidation sites excluding steroid dienone is 1. The first kappa shape index (κ1) is 14.6. The van der Waals surface area contributed by atoms with Crippen LogP contribution in [0.3, 0.4) is 0 Å². The van der Waals surface area contributed by atoms with Gasteiger partial charge in [-0.15, -0.1) is 0 Å². The zero-order chi connectivity index (χ0) is 14.6. The van der Waals surface area contributed by atoms with Gasteiger partial charge in [0, 0.05) is 18.9 Å². The molecule has 1 aliphatic rings. The van der Waals surface area contributed by atoms with Gasteiger partial charge in [0.2, 0.25) is 0 Å². The first-order chi connectivity index (χ1) is 9.47. The number of halogens is 3. The van der Waals surface area contributed by atoms with Crippen LogP contribution in [-0.2, 0) is 6.18 Å². The van der Waals surface area contributed by atoms with Gasteiger partial charge in [0.1, 0.15) is 5.75 Å². The van der Waals surface area contributed by atoms with E-state index in [9.17, 15) is 13.2 Å². The molecule has 0 bridgehead atoms. The van der Waals surface area contributed by atoms with Crippen molar-refractivity contribution in [1.29, 1.82) is 0 Å². The maximum absolute atomic E-state index is 12.5. The third-order valence-corrected chi connectivity index (χ3v) is 3.09. The Hall–Kier alpha value is -1.85. The molecule has 0 atom stereocenters. The van der Waals surface area contributed by atoms with Crippen molar-refractivity contribution in [2.24, 2.45) is 0 Å². The molecule has 0 aromatic heterocycles. The molecule has 1 heterocycles. The largest absolute Gasteiger partial charge is 0.494 e. The van der Waals surface area contributed by atoms with Crippen LogP contribution in [0.5, 0.6) is 5.75 Å². The molecular weight excluding hydrogens is 269 g/mol. The SMILES string of the molecule is CN1CNC=C1CCCOc1cccc(C(F)(F)F)c1. The van der Waals surface area contributed by atoms with E-state index in [0.29, 0.717) is 6.61 Å². The fourth-order valence-electron chi connectivity index (χ4n) is 1.98. The Kier molecular flexibility index (Phi) is 4.42. The Balaban J connectivity index is 1.80. The quantitative estimate of drug-likeness (QED) is 0.841. The Morgan fingerprint density at radius 1 is 1.35 bits per heavy atom. The molecule has 2 rings (SSSR count). The van der Waals surface area contributed by atoms with Crippen molar-refractivity contribution in [3.63, 3.8) is 0 Å². The van der Waals surface area contributed by atoms with Gasteiger partial charge >= 0.3 is 6.18 Å². The lowest BCUT2D eigenvalue weighted by Gasteiger charge is -2.15. The van der Waals surface area contributed by atoms with Crippen molar-refractivity contribution in [2.75, 3.05) is 20.3 Å². The van der Waals surface area contributed by atoms with Gasteiger partial charge in [-0.2, -0.15) is 13.2 Å². The molecule has 0 aliphatic carbocycles. The Labute approximate surface area is 116 Å². The number of hydrogen-bond acceptors (Lipinski definition) is 3. The monoisotopic (exact) mass is 286 g/mol. The highest BCUT2D eigenvalue weighted by Gasteiger charge is 2.30. The molecule has 0 saturated carbocycles. The molecule has 6 heteroatoms. The van der Waals surface area contributed by atoms with E-state index >= 15 is 0 Å². The number of hydrogen-bond donors (Lipinski definition) is 1. The van der Waals surface area contributed by atoms with E-state index in [1.54, 1.807) is 0 Å². The highest BCUT2D eigenvalue weighted by Crippen LogP contribution is 2.31. The zero-order valence-electron chi connectivity index (χ0n) is 11.2. The summed E-state index contributed by atoms with van der Waals surface area (Å²) in [6, 6.07) is 4.96. The third kappa shape index (κ3) is 3.82. The molecule has 1 aromatic carbocycles. The van der Waals surface area contributed by atoms with Crippen LogP contribution in [0, 0.1) is 0 Å². The Bertz CT molecular complexity index is 486. The highest BCUT2D eigenvalue weighted by molar-refractivity contribution is 5.30. The molecule has 0 fully saturated rings. The van der Waals surface area contributed by atoms with Crippen molar-refractivity contribution < 1.29 is 17.9 Å². The molecule has 20 heavy (non-hydrogen) atoms. The Morgan fingerprint density at radius 2 is 2.15 bits per heavy atom. The molecular formula is C14H17F3N2O. The summed E-state index contributed by atoms with van der Waals surface area (Å²) in [6.45, 7) is 1.19. The van der Waals surface area contributed by atoms with Gasteiger partial charge in [-0.1, -0.05) is 6.07 Å². The summed E-state index contributed by atoms with van der Waals surface area (Å²) in [5.74, 6) is 0.256. The van der Waals surface area contributed by atoms with Crippen LogP contribution in [0.15, 0.2) is 36.2 Å².